The minimum atomic E-state index is -3.48. The first-order valence-corrected chi connectivity index (χ1v) is 9.28. The Morgan fingerprint density at radius 2 is 2.00 bits per heavy atom. The fourth-order valence-corrected chi connectivity index (χ4v) is 3.51. The van der Waals surface area contributed by atoms with Gasteiger partial charge in [-0.25, -0.2) is 8.42 Å². The first-order chi connectivity index (χ1) is 10.5. The zero-order valence-corrected chi connectivity index (χ0v) is 14.4. The Morgan fingerprint density at radius 1 is 1.35 bits per heavy atom. The van der Waals surface area contributed by atoms with Gasteiger partial charge in [0.05, 0.1) is 5.75 Å². The van der Waals surface area contributed by atoms with E-state index in [4.69, 9.17) is 4.74 Å². The van der Waals surface area contributed by atoms with Gasteiger partial charge in [-0.15, -0.1) is 0 Å². The Balaban J connectivity index is 1.74. The zero-order valence-electron chi connectivity index (χ0n) is 13.6. The summed E-state index contributed by atoms with van der Waals surface area (Å²) in [7, 11) is -3.48. The van der Waals surface area contributed by atoms with Gasteiger partial charge in [0.2, 0.25) is 0 Å². The van der Waals surface area contributed by atoms with Crippen molar-refractivity contribution in [2.75, 3.05) is 31.1 Å². The molecular formula is C14H23N3O5S. The standard InChI is InChI=1S/C14H23N3O5S/c1-14(2,3)22-13(19)9-23(20,21)5-4-17-7-10(8-17)11-6-12(18)16-15-11/h6,10H,4-5,7-9H2,1-3H3,(H2,15,16,18). The lowest BCUT2D eigenvalue weighted by Gasteiger charge is -2.38. The second-order valence-corrected chi connectivity index (χ2v) is 9.03. The molecule has 0 aromatic carbocycles. The second-order valence-electron chi connectivity index (χ2n) is 6.85. The van der Waals surface area contributed by atoms with E-state index in [1.165, 1.54) is 6.07 Å². The van der Waals surface area contributed by atoms with Crippen LogP contribution in [0.4, 0.5) is 0 Å². The molecule has 1 aliphatic rings. The van der Waals surface area contributed by atoms with Gasteiger partial charge in [0.15, 0.2) is 9.84 Å². The normalized spacial score (nSPS) is 17.0. The summed E-state index contributed by atoms with van der Waals surface area (Å²) in [6.45, 7) is 6.84. The molecule has 1 saturated heterocycles. The number of aromatic nitrogens is 2. The maximum Gasteiger partial charge on any atom is 0.321 e. The van der Waals surface area contributed by atoms with Crippen LogP contribution in [0, 0.1) is 0 Å². The molecule has 1 aromatic rings. The van der Waals surface area contributed by atoms with Gasteiger partial charge in [-0.1, -0.05) is 0 Å². The van der Waals surface area contributed by atoms with E-state index >= 15 is 0 Å². The second kappa shape index (κ2) is 6.48. The van der Waals surface area contributed by atoms with Gasteiger partial charge in [-0.3, -0.25) is 14.7 Å². The van der Waals surface area contributed by atoms with Gasteiger partial charge in [0, 0.05) is 37.3 Å². The molecule has 8 nitrogen and oxygen atoms in total. The van der Waals surface area contributed by atoms with Gasteiger partial charge in [-0.05, 0) is 20.8 Å². The van der Waals surface area contributed by atoms with Crippen LogP contribution >= 0.6 is 0 Å². The van der Waals surface area contributed by atoms with E-state index in [9.17, 15) is 18.0 Å². The molecule has 0 spiro atoms. The summed E-state index contributed by atoms with van der Waals surface area (Å²) in [4.78, 5) is 24.6. The van der Waals surface area contributed by atoms with Gasteiger partial charge in [0.25, 0.3) is 5.56 Å². The molecule has 1 fully saturated rings. The quantitative estimate of drug-likeness (QED) is 0.694. The molecule has 0 aliphatic carbocycles. The molecule has 2 rings (SSSR count). The number of rotatable bonds is 6. The first kappa shape index (κ1) is 17.7. The molecule has 1 aromatic heterocycles. The number of ether oxygens (including phenoxy) is 1. The number of H-pyrrole nitrogens is 2. The van der Waals surface area contributed by atoms with E-state index in [0.29, 0.717) is 19.6 Å². The van der Waals surface area contributed by atoms with Crippen LogP contribution in [0.25, 0.3) is 0 Å². The number of esters is 1. The van der Waals surface area contributed by atoms with Crippen LogP contribution in [0.1, 0.15) is 32.4 Å². The summed E-state index contributed by atoms with van der Waals surface area (Å²) < 4.78 is 28.9. The SMILES string of the molecule is CC(C)(C)OC(=O)CS(=O)(=O)CCN1CC(c2cc(=O)[nH][nH]2)C1. The van der Waals surface area contributed by atoms with E-state index in [0.717, 1.165) is 5.69 Å². The number of aromatic amines is 2. The summed E-state index contributed by atoms with van der Waals surface area (Å²) in [5.74, 6) is -1.18. The monoisotopic (exact) mass is 345 g/mol. The number of sulfone groups is 1. The number of carbonyl (C=O) groups excluding carboxylic acids is 1. The lowest BCUT2D eigenvalue weighted by atomic mass is 9.97. The molecule has 23 heavy (non-hydrogen) atoms. The number of hydrogen-bond donors (Lipinski definition) is 2. The van der Waals surface area contributed by atoms with Gasteiger partial charge < -0.3 is 14.7 Å². The van der Waals surface area contributed by atoms with Crippen molar-refractivity contribution in [3.63, 3.8) is 0 Å². The molecule has 0 unspecified atom stereocenters. The average Bonchev–Trinajstić information content (AvgIpc) is 2.69. The summed E-state index contributed by atoms with van der Waals surface area (Å²) >= 11 is 0. The molecule has 2 N–H and O–H groups in total. The van der Waals surface area contributed by atoms with Crippen LogP contribution in [0.15, 0.2) is 10.9 Å². The van der Waals surface area contributed by atoms with Crippen molar-refractivity contribution in [1.82, 2.24) is 15.1 Å². The third-order valence-electron chi connectivity index (χ3n) is 3.49. The minimum absolute atomic E-state index is 0.0807. The van der Waals surface area contributed by atoms with Crippen molar-refractivity contribution >= 4 is 15.8 Å². The molecule has 130 valence electrons. The third-order valence-corrected chi connectivity index (χ3v) is 4.97. The van der Waals surface area contributed by atoms with Crippen LogP contribution in [0.3, 0.4) is 0 Å². The van der Waals surface area contributed by atoms with Crippen molar-refractivity contribution in [3.05, 3.63) is 22.1 Å². The topological polar surface area (TPSA) is 112 Å². The maximum atomic E-state index is 11.9. The van der Waals surface area contributed by atoms with Gasteiger partial charge >= 0.3 is 5.97 Å². The number of carbonyl (C=O) groups is 1. The molecular weight excluding hydrogens is 322 g/mol. The Labute approximate surface area is 135 Å². The Hall–Kier alpha value is -1.61. The predicted molar refractivity (Wildman–Crippen MR) is 85.1 cm³/mol. The number of nitrogens with zero attached hydrogens (tertiary/aromatic N) is 1. The zero-order chi connectivity index (χ0) is 17.3. The first-order valence-electron chi connectivity index (χ1n) is 7.46. The fraction of sp³-hybridized carbons (Fsp3) is 0.714. The van der Waals surface area contributed by atoms with E-state index in [1.807, 2.05) is 4.90 Å². The average molecular weight is 345 g/mol. The summed E-state index contributed by atoms with van der Waals surface area (Å²) in [5, 5.41) is 5.29. The highest BCUT2D eigenvalue weighted by Gasteiger charge is 2.31. The fourth-order valence-electron chi connectivity index (χ4n) is 2.41. The Bertz CT molecular complexity index is 707. The molecule has 0 atom stereocenters. The van der Waals surface area contributed by atoms with Crippen LogP contribution in [-0.4, -0.2) is 66.2 Å². The number of hydrogen-bond acceptors (Lipinski definition) is 6. The van der Waals surface area contributed by atoms with Crippen LogP contribution in [-0.2, 0) is 19.4 Å². The predicted octanol–water partition coefficient (Wildman–Crippen LogP) is -0.141. The van der Waals surface area contributed by atoms with E-state index in [2.05, 4.69) is 10.2 Å². The minimum Gasteiger partial charge on any atom is -0.459 e. The van der Waals surface area contributed by atoms with E-state index < -0.39 is 27.2 Å². The molecule has 1 aliphatic heterocycles. The molecule has 0 saturated carbocycles. The highest BCUT2D eigenvalue weighted by atomic mass is 32.2. The number of likely N-dealkylation sites (tertiary alicyclic amines) is 1. The maximum absolute atomic E-state index is 11.9. The van der Waals surface area contributed by atoms with Gasteiger partial charge in [-0.2, -0.15) is 0 Å². The highest BCUT2D eigenvalue weighted by Crippen LogP contribution is 2.24. The lowest BCUT2D eigenvalue weighted by Crippen LogP contribution is -2.47. The van der Waals surface area contributed by atoms with Crippen molar-refractivity contribution in [1.29, 1.82) is 0 Å². The van der Waals surface area contributed by atoms with Crippen LogP contribution < -0.4 is 5.56 Å². The summed E-state index contributed by atoms with van der Waals surface area (Å²) in [5.41, 5.74) is -0.0219. The smallest absolute Gasteiger partial charge is 0.321 e. The Kier molecular flexibility index (Phi) is 5.00. The largest absolute Gasteiger partial charge is 0.459 e. The molecule has 0 bridgehead atoms. The van der Waals surface area contributed by atoms with Crippen molar-refractivity contribution < 1.29 is 17.9 Å². The Morgan fingerprint density at radius 3 is 2.52 bits per heavy atom. The highest BCUT2D eigenvalue weighted by molar-refractivity contribution is 7.92. The number of nitrogens with one attached hydrogen (secondary N) is 2. The summed E-state index contributed by atoms with van der Waals surface area (Å²) in [6.07, 6.45) is 0. The van der Waals surface area contributed by atoms with Crippen LogP contribution in [0.5, 0.6) is 0 Å². The van der Waals surface area contributed by atoms with E-state index in [1.54, 1.807) is 20.8 Å². The van der Waals surface area contributed by atoms with Crippen molar-refractivity contribution in [2.24, 2.45) is 0 Å². The van der Waals surface area contributed by atoms with Crippen LogP contribution in [0.2, 0.25) is 0 Å². The molecule has 2 heterocycles. The summed E-state index contributed by atoms with van der Waals surface area (Å²) in [6, 6.07) is 1.52. The molecule has 0 radical (unpaired) electrons. The van der Waals surface area contributed by atoms with E-state index in [-0.39, 0.29) is 17.2 Å². The van der Waals surface area contributed by atoms with Crippen molar-refractivity contribution in [2.45, 2.75) is 32.3 Å². The third kappa shape index (κ3) is 5.51. The molecule has 0 amide bonds. The van der Waals surface area contributed by atoms with Crippen molar-refractivity contribution in [3.8, 4) is 0 Å². The van der Waals surface area contributed by atoms with Gasteiger partial charge in [0.1, 0.15) is 11.4 Å². The lowest BCUT2D eigenvalue weighted by molar-refractivity contribution is -0.151. The molecule has 9 heteroatoms.